The summed E-state index contributed by atoms with van der Waals surface area (Å²) in [4.78, 5) is 18.4. The van der Waals surface area contributed by atoms with Gasteiger partial charge < -0.3 is 21.2 Å². The molecule has 0 bridgehead atoms. The molecule has 0 aliphatic heterocycles. The van der Waals surface area contributed by atoms with Crippen LogP contribution in [0.15, 0.2) is 17.7 Å². The number of nitrogens with zero attached hydrogens (tertiary/aromatic N) is 2. The molecule has 0 unspecified atom stereocenters. The van der Waals surface area contributed by atoms with Crippen LogP contribution in [0.25, 0.3) is 0 Å². The second kappa shape index (κ2) is 4.65. The van der Waals surface area contributed by atoms with E-state index in [1.165, 1.54) is 6.33 Å². The van der Waals surface area contributed by atoms with Crippen LogP contribution >= 0.6 is 0 Å². The van der Waals surface area contributed by atoms with Crippen molar-refractivity contribution in [2.75, 3.05) is 0 Å². The molecule has 0 radical (unpaired) electrons. The molecule has 0 fully saturated rings. The lowest BCUT2D eigenvalue weighted by molar-refractivity contribution is -0.126. The van der Waals surface area contributed by atoms with Gasteiger partial charge in [0.25, 0.3) is 0 Å². The summed E-state index contributed by atoms with van der Waals surface area (Å²) in [5.41, 5.74) is 5.15. The van der Waals surface area contributed by atoms with Crippen LogP contribution in [0.5, 0.6) is 0 Å². The number of amidine groups is 1. The van der Waals surface area contributed by atoms with E-state index in [0.717, 1.165) is 5.69 Å². The molecule has 1 aromatic rings. The SMILES string of the molecule is CC(C)(C(=O)NCc1cnc[nH]1)C(N)=NO. The Balaban J connectivity index is 2.59. The second-order valence-corrected chi connectivity index (χ2v) is 3.87. The first-order chi connectivity index (χ1) is 7.48. The topological polar surface area (TPSA) is 116 Å². The van der Waals surface area contributed by atoms with E-state index in [9.17, 15) is 4.79 Å². The Hall–Kier alpha value is -2.05. The smallest absolute Gasteiger partial charge is 0.233 e. The number of amides is 1. The quantitative estimate of drug-likeness (QED) is 0.246. The lowest BCUT2D eigenvalue weighted by atomic mass is 9.91. The zero-order valence-corrected chi connectivity index (χ0v) is 9.19. The highest BCUT2D eigenvalue weighted by atomic mass is 16.4. The molecule has 0 aromatic carbocycles. The van der Waals surface area contributed by atoms with Crippen molar-refractivity contribution < 1.29 is 10.0 Å². The highest BCUT2D eigenvalue weighted by Crippen LogP contribution is 2.15. The van der Waals surface area contributed by atoms with Gasteiger partial charge in [-0.05, 0) is 13.8 Å². The summed E-state index contributed by atoms with van der Waals surface area (Å²) in [6, 6.07) is 0. The number of carbonyl (C=O) groups excluding carboxylic acids is 1. The fourth-order valence-corrected chi connectivity index (χ4v) is 1.02. The Labute approximate surface area is 92.7 Å². The average Bonchev–Trinajstić information content (AvgIpc) is 2.77. The van der Waals surface area contributed by atoms with Gasteiger partial charge in [-0.1, -0.05) is 5.16 Å². The molecular formula is C9H15N5O2. The van der Waals surface area contributed by atoms with Gasteiger partial charge in [-0.15, -0.1) is 0 Å². The Bertz CT molecular complexity index is 383. The van der Waals surface area contributed by atoms with Crippen molar-refractivity contribution in [2.45, 2.75) is 20.4 Å². The van der Waals surface area contributed by atoms with Crippen LogP contribution in [0.3, 0.4) is 0 Å². The number of nitrogens with one attached hydrogen (secondary N) is 2. The minimum Gasteiger partial charge on any atom is -0.409 e. The fraction of sp³-hybridized carbons (Fsp3) is 0.444. The highest BCUT2D eigenvalue weighted by Gasteiger charge is 2.32. The molecule has 0 aliphatic rings. The van der Waals surface area contributed by atoms with Gasteiger partial charge in [-0.25, -0.2) is 4.98 Å². The Morgan fingerprint density at radius 1 is 1.75 bits per heavy atom. The van der Waals surface area contributed by atoms with E-state index in [2.05, 4.69) is 20.4 Å². The van der Waals surface area contributed by atoms with Crippen molar-refractivity contribution in [3.63, 3.8) is 0 Å². The number of rotatable bonds is 4. The number of aromatic nitrogens is 2. The molecule has 0 saturated heterocycles. The third-order valence-electron chi connectivity index (χ3n) is 2.31. The van der Waals surface area contributed by atoms with Crippen molar-refractivity contribution in [3.8, 4) is 0 Å². The maximum absolute atomic E-state index is 11.7. The molecule has 16 heavy (non-hydrogen) atoms. The molecule has 5 N–H and O–H groups in total. The van der Waals surface area contributed by atoms with E-state index >= 15 is 0 Å². The molecule has 0 atom stereocenters. The summed E-state index contributed by atoms with van der Waals surface area (Å²) in [5.74, 6) is -0.452. The summed E-state index contributed by atoms with van der Waals surface area (Å²) < 4.78 is 0. The van der Waals surface area contributed by atoms with Gasteiger partial charge in [0.05, 0.1) is 18.6 Å². The standard InChI is InChI=1S/C9H15N5O2/c1-9(2,7(10)14-16)8(15)12-4-6-3-11-5-13-6/h3,5,16H,4H2,1-2H3,(H2,10,14)(H,11,13)(H,12,15). The van der Waals surface area contributed by atoms with Gasteiger partial charge in [0.15, 0.2) is 5.84 Å². The van der Waals surface area contributed by atoms with Crippen molar-refractivity contribution >= 4 is 11.7 Å². The molecule has 1 heterocycles. The molecule has 7 nitrogen and oxygen atoms in total. The Kier molecular flexibility index (Phi) is 3.49. The molecule has 88 valence electrons. The molecule has 7 heteroatoms. The minimum absolute atomic E-state index is 0.130. The molecule has 1 amide bonds. The summed E-state index contributed by atoms with van der Waals surface area (Å²) in [6.45, 7) is 3.47. The minimum atomic E-state index is -1.05. The predicted molar refractivity (Wildman–Crippen MR) is 57.6 cm³/mol. The number of oxime groups is 1. The van der Waals surface area contributed by atoms with Gasteiger partial charge >= 0.3 is 0 Å². The van der Waals surface area contributed by atoms with E-state index in [1.54, 1.807) is 20.0 Å². The summed E-state index contributed by atoms with van der Waals surface area (Å²) in [7, 11) is 0. The number of carbonyl (C=O) groups is 1. The van der Waals surface area contributed by atoms with Crippen molar-refractivity contribution in [1.82, 2.24) is 15.3 Å². The highest BCUT2D eigenvalue weighted by molar-refractivity contribution is 6.05. The number of nitrogens with two attached hydrogens (primary N) is 1. The van der Waals surface area contributed by atoms with Crippen molar-refractivity contribution in [2.24, 2.45) is 16.3 Å². The van der Waals surface area contributed by atoms with Crippen LogP contribution in [0.2, 0.25) is 0 Å². The van der Waals surface area contributed by atoms with E-state index in [1.807, 2.05) is 0 Å². The maximum atomic E-state index is 11.7. The van der Waals surface area contributed by atoms with E-state index in [4.69, 9.17) is 10.9 Å². The van der Waals surface area contributed by atoms with Gasteiger partial charge in [0.2, 0.25) is 5.91 Å². The fourth-order valence-electron chi connectivity index (χ4n) is 1.02. The van der Waals surface area contributed by atoms with Crippen LogP contribution in [0.1, 0.15) is 19.5 Å². The van der Waals surface area contributed by atoms with Crippen LogP contribution in [0, 0.1) is 5.41 Å². The first kappa shape index (κ1) is 12.0. The van der Waals surface area contributed by atoms with Crippen molar-refractivity contribution in [3.05, 3.63) is 18.2 Å². The summed E-state index contributed by atoms with van der Waals surface area (Å²) >= 11 is 0. The Morgan fingerprint density at radius 3 is 2.94 bits per heavy atom. The maximum Gasteiger partial charge on any atom is 0.233 e. The molecule has 0 aliphatic carbocycles. The lowest BCUT2D eigenvalue weighted by Gasteiger charge is -2.21. The number of hydrogen-bond donors (Lipinski definition) is 4. The summed E-state index contributed by atoms with van der Waals surface area (Å²) in [5, 5.41) is 14.0. The van der Waals surface area contributed by atoms with Crippen molar-refractivity contribution in [1.29, 1.82) is 0 Å². The largest absolute Gasteiger partial charge is 0.409 e. The molecule has 0 saturated carbocycles. The summed E-state index contributed by atoms with van der Waals surface area (Å²) in [6.07, 6.45) is 3.13. The normalized spacial score (nSPS) is 12.5. The predicted octanol–water partition coefficient (Wildman–Crippen LogP) is -0.201. The number of imidazole rings is 1. The first-order valence-electron chi connectivity index (χ1n) is 4.72. The zero-order valence-electron chi connectivity index (χ0n) is 9.19. The van der Waals surface area contributed by atoms with E-state index in [0.29, 0.717) is 6.54 Å². The number of aromatic amines is 1. The average molecular weight is 225 g/mol. The van der Waals surface area contributed by atoms with Crippen LogP contribution in [-0.4, -0.2) is 26.9 Å². The third-order valence-corrected chi connectivity index (χ3v) is 2.31. The molecule has 0 spiro atoms. The second-order valence-electron chi connectivity index (χ2n) is 3.87. The van der Waals surface area contributed by atoms with E-state index in [-0.39, 0.29) is 11.7 Å². The van der Waals surface area contributed by atoms with Crippen LogP contribution in [-0.2, 0) is 11.3 Å². The van der Waals surface area contributed by atoms with Crippen LogP contribution in [0.4, 0.5) is 0 Å². The molecule has 1 rings (SSSR count). The first-order valence-corrected chi connectivity index (χ1v) is 4.72. The number of hydrogen-bond acceptors (Lipinski definition) is 4. The van der Waals surface area contributed by atoms with Crippen LogP contribution < -0.4 is 11.1 Å². The van der Waals surface area contributed by atoms with Gasteiger partial charge in [-0.2, -0.15) is 0 Å². The Morgan fingerprint density at radius 2 is 2.44 bits per heavy atom. The van der Waals surface area contributed by atoms with Gasteiger partial charge in [0, 0.05) is 6.20 Å². The monoisotopic (exact) mass is 225 g/mol. The number of H-pyrrole nitrogens is 1. The molecule has 1 aromatic heterocycles. The van der Waals surface area contributed by atoms with Gasteiger partial charge in [0.1, 0.15) is 5.41 Å². The van der Waals surface area contributed by atoms with E-state index < -0.39 is 5.41 Å². The lowest BCUT2D eigenvalue weighted by Crippen LogP contribution is -2.45. The van der Waals surface area contributed by atoms with Gasteiger partial charge in [-0.3, -0.25) is 4.79 Å². The zero-order chi connectivity index (χ0) is 12.2. The third kappa shape index (κ3) is 2.50. The molecular weight excluding hydrogens is 210 g/mol.